The summed E-state index contributed by atoms with van der Waals surface area (Å²) in [6, 6.07) is 5.83. The molecule has 0 saturated carbocycles. The van der Waals surface area contributed by atoms with Crippen molar-refractivity contribution in [2.75, 3.05) is 19.6 Å². The molecule has 6 nitrogen and oxygen atoms in total. The van der Waals surface area contributed by atoms with Crippen LogP contribution in [0.5, 0.6) is 0 Å². The average molecular weight is 390 g/mol. The number of aromatic nitrogens is 2. The van der Waals surface area contributed by atoms with Crippen molar-refractivity contribution in [1.82, 2.24) is 20.0 Å². The largest absolute Gasteiger partial charge is 0.297 e. The maximum atomic E-state index is 13.7. The summed E-state index contributed by atoms with van der Waals surface area (Å²) in [6.45, 7) is 1.07. The molecule has 2 saturated heterocycles. The first-order valence-electron chi connectivity index (χ1n) is 9.72. The number of likely N-dealkylation sites (tertiary alicyclic amines) is 1. The van der Waals surface area contributed by atoms with Crippen molar-refractivity contribution in [3.8, 4) is 0 Å². The first kappa shape index (κ1) is 19.0. The molecule has 0 spiro atoms. The highest BCUT2D eigenvalue weighted by Crippen LogP contribution is 2.32. The summed E-state index contributed by atoms with van der Waals surface area (Å²) in [5, 5.41) is 7.85. The molecule has 2 fully saturated rings. The zero-order chi connectivity index (χ0) is 19.9. The summed E-state index contributed by atoms with van der Waals surface area (Å²) < 4.78 is 29.1. The van der Waals surface area contributed by atoms with Crippen molar-refractivity contribution in [3.63, 3.8) is 0 Å². The standard InChI is InChI=1S/C20H24F2N4O2/c1-25-18-13(8-11-26-10-3-9-20(21,22)12-26)4-2-5-14(18)17(24-25)15-6-7-16(27)23-19(15)28/h2,4-5,15H,3,6-12H2,1H3,(H,23,27,28). The van der Waals surface area contributed by atoms with Gasteiger partial charge >= 0.3 is 0 Å². The van der Waals surface area contributed by atoms with E-state index in [1.165, 1.54) is 0 Å². The van der Waals surface area contributed by atoms with E-state index in [2.05, 4.69) is 10.4 Å². The first-order valence-corrected chi connectivity index (χ1v) is 9.72. The molecule has 0 bridgehead atoms. The smallest absolute Gasteiger partial charge is 0.260 e. The van der Waals surface area contributed by atoms with Crippen molar-refractivity contribution in [1.29, 1.82) is 0 Å². The van der Waals surface area contributed by atoms with Gasteiger partial charge in [-0.3, -0.25) is 24.5 Å². The number of benzene rings is 1. The van der Waals surface area contributed by atoms with Crippen LogP contribution < -0.4 is 5.32 Å². The van der Waals surface area contributed by atoms with Crippen molar-refractivity contribution in [3.05, 3.63) is 29.5 Å². The number of amides is 2. The molecule has 1 N–H and O–H groups in total. The number of halogens is 2. The second-order valence-electron chi connectivity index (χ2n) is 7.81. The van der Waals surface area contributed by atoms with Gasteiger partial charge in [-0.1, -0.05) is 18.2 Å². The lowest BCUT2D eigenvalue weighted by Crippen LogP contribution is -2.43. The van der Waals surface area contributed by atoms with E-state index in [0.29, 0.717) is 44.5 Å². The van der Waals surface area contributed by atoms with Crippen molar-refractivity contribution in [2.45, 2.75) is 43.9 Å². The highest BCUT2D eigenvalue weighted by Gasteiger charge is 2.35. The summed E-state index contributed by atoms with van der Waals surface area (Å²) in [4.78, 5) is 25.5. The van der Waals surface area contributed by atoms with E-state index in [1.54, 1.807) is 4.68 Å². The van der Waals surface area contributed by atoms with Crippen LogP contribution in [0.2, 0.25) is 0 Å². The van der Waals surface area contributed by atoms with Gasteiger partial charge in [0.25, 0.3) is 5.92 Å². The third kappa shape index (κ3) is 3.65. The number of carbonyl (C=O) groups is 2. The number of nitrogens with one attached hydrogen (secondary N) is 1. The van der Waals surface area contributed by atoms with E-state index in [9.17, 15) is 18.4 Å². The molecule has 3 heterocycles. The van der Waals surface area contributed by atoms with Crippen LogP contribution in [-0.4, -0.2) is 52.1 Å². The van der Waals surface area contributed by atoms with Gasteiger partial charge in [0, 0.05) is 31.8 Å². The molecule has 1 aromatic heterocycles. The topological polar surface area (TPSA) is 67.2 Å². The van der Waals surface area contributed by atoms with E-state index in [0.717, 1.165) is 16.5 Å². The second-order valence-corrected chi connectivity index (χ2v) is 7.81. The molecule has 0 radical (unpaired) electrons. The number of carbonyl (C=O) groups excluding carboxylic acids is 2. The third-order valence-corrected chi connectivity index (χ3v) is 5.72. The number of aryl methyl sites for hydroxylation is 1. The van der Waals surface area contributed by atoms with E-state index in [-0.39, 0.29) is 24.8 Å². The summed E-state index contributed by atoms with van der Waals surface area (Å²) >= 11 is 0. The van der Waals surface area contributed by atoms with E-state index >= 15 is 0 Å². The molecule has 8 heteroatoms. The number of alkyl halides is 2. The van der Waals surface area contributed by atoms with Gasteiger partial charge in [-0.15, -0.1) is 0 Å². The minimum Gasteiger partial charge on any atom is -0.297 e. The van der Waals surface area contributed by atoms with Gasteiger partial charge in [-0.2, -0.15) is 5.10 Å². The fourth-order valence-corrected chi connectivity index (χ4v) is 4.38. The van der Waals surface area contributed by atoms with Crippen LogP contribution >= 0.6 is 0 Å². The minimum absolute atomic E-state index is 0.0316. The number of hydrogen-bond acceptors (Lipinski definition) is 4. The molecular weight excluding hydrogens is 366 g/mol. The van der Waals surface area contributed by atoms with E-state index in [1.807, 2.05) is 30.1 Å². The first-order chi connectivity index (χ1) is 13.3. The van der Waals surface area contributed by atoms with Crippen LogP contribution in [0.4, 0.5) is 8.78 Å². The molecule has 1 aromatic carbocycles. The molecule has 1 atom stereocenters. The maximum absolute atomic E-state index is 13.7. The minimum atomic E-state index is -2.60. The molecule has 2 aromatic rings. The monoisotopic (exact) mass is 390 g/mol. The Morgan fingerprint density at radius 3 is 2.89 bits per heavy atom. The highest BCUT2D eigenvalue weighted by molar-refractivity contribution is 6.02. The highest BCUT2D eigenvalue weighted by atomic mass is 19.3. The second kappa shape index (κ2) is 7.24. The zero-order valence-corrected chi connectivity index (χ0v) is 15.9. The molecular formula is C20H24F2N4O2. The van der Waals surface area contributed by atoms with Crippen LogP contribution in [0, 0.1) is 0 Å². The molecule has 2 amide bonds. The number of nitrogens with zero attached hydrogens (tertiary/aromatic N) is 3. The van der Waals surface area contributed by atoms with Crippen LogP contribution in [0.25, 0.3) is 10.9 Å². The molecule has 0 aliphatic carbocycles. The Hall–Kier alpha value is -2.35. The lowest BCUT2D eigenvalue weighted by Gasteiger charge is -2.32. The maximum Gasteiger partial charge on any atom is 0.260 e. The average Bonchev–Trinajstić information content (AvgIpc) is 2.96. The Morgan fingerprint density at radius 2 is 2.14 bits per heavy atom. The lowest BCUT2D eigenvalue weighted by molar-refractivity contribution is -0.134. The Kier molecular flexibility index (Phi) is 4.91. The Morgan fingerprint density at radius 1 is 1.32 bits per heavy atom. The summed E-state index contributed by atoms with van der Waals surface area (Å²) in [6.07, 6.45) is 1.88. The number of fused-ring (bicyclic) bond motifs is 1. The summed E-state index contributed by atoms with van der Waals surface area (Å²) in [7, 11) is 1.83. The Bertz CT molecular complexity index is 924. The van der Waals surface area contributed by atoms with Gasteiger partial charge in [-0.25, -0.2) is 8.78 Å². The number of para-hydroxylation sites is 1. The number of imide groups is 1. The predicted octanol–water partition coefficient (Wildman–Crippen LogP) is 2.37. The van der Waals surface area contributed by atoms with Gasteiger partial charge < -0.3 is 0 Å². The molecule has 1 unspecified atom stereocenters. The van der Waals surface area contributed by atoms with Crippen LogP contribution in [0.3, 0.4) is 0 Å². The van der Waals surface area contributed by atoms with Crippen LogP contribution in [0.15, 0.2) is 18.2 Å². The van der Waals surface area contributed by atoms with E-state index < -0.39 is 11.8 Å². The van der Waals surface area contributed by atoms with Gasteiger partial charge in [0.15, 0.2) is 0 Å². The van der Waals surface area contributed by atoms with Crippen LogP contribution in [-0.2, 0) is 23.1 Å². The number of piperidine rings is 2. The number of rotatable bonds is 4. The van der Waals surface area contributed by atoms with Crippen molar-refractivity contribution in [2.24, 2.45) is 7.05 Å². The lowest BCUT2D eigenvalue weighted by atomic mass is 9.92. The zero-order valence-electron chi connectivity index (χ0n) is 15.9. The Labute approximate surface area is 161 Å². The fourth-order valence-electron chi connectivity index (χ4n) is 4.38. The van der Waals surface area contributed by atoms with Gasteiger partial charge in [0.05, 0.1) is 23.7 Å². The normalized spacial score (nSPS) is 23.2. The molecule has 2 aliphatic rings. The molecule has 28 heavy (non-hydrogen) atoms. The number of hydrogen-bond donors (Lipinski definition) is 1. The third-order valence-electron chi connectivity index (χ3n) is 5.72. The van der Waals surface area contributed by atoms with Gasteiger partial charge in [0.1, 0.15) is 0 Å². The van der Waals surface area contributed by atoms with Crippen LogP contribution in [0.1, 0.15) is 42.9 Å². The molecule has 4 rings (SSSR count). The summed E-state index contributed by atoms with van der Waals surface area (Å²) in [5.41, 5.74) is 2.62. The fraction of sp³-hybridized carbons (Fsp3) is 0.550. The van der Waals surface area contributed by atoms with Gasteiger partial charge in [0.2, 0.25) is 11.8 Å². The van der Waals surface area contributed by atoms with Crippen molar-refractivity contribution >= 4 is 22.7 Å². The van der Waals surface area contributed by atoms with Crippen molar-refractivity contribution < 1.29 is 18.4 Å². The van der Waals surface area contributed by atoms with Gasteiger partial charge in [-0.05, 0) is 31.4 Å². The summed E-state index contributed by atoms with van der Waals surface area (Å²) in [5.74, 6) is -3.61. The Balaban J connectivity index is 1.58. The van der Waals surface area contributed by atoms with E-state index in [4.69, 9.17) is 0 Å². The molecule has 2 aliphatic heterocycles. The quantitative estimate of drug-likeness (QED) is 0.814. The SMILES string of the molecule is Cn1nc(C2CCC(=O)NC2=O)c2cccc(CCN3CCCC(F)(F)C3)c21. The predicted molar refractivity (Wildman–Crippen MR) is 100 cm³/mol. The molecule has 150 valence electrons.